The molecule has 1 rings (SSSR count). The minimum atomic E-state index is -0.292. The Labute approximate surface area is 106 Å². The second-order valence-corrected chi connectivity index (χ2v) is 4.00. The standard InChI is InChI=1S/C13H17N3O2/c1-3-5-11(4-2)15-12(17)9-16-8-10(14)6-7-13(16)18/h2,6-8,11H,3,5,9,14H2,1H3,(H,15,17). The van der Waals surface area contributed by atoms with Gasteiger partial charge in [0.1, 0.15) is 6.54 Å². The van der Waals surface area contributed by atoms with E-state index in [0.29, 0.717) is 12.1 Å². The second-order valence-electron chi connectivity index (χ2n) is 4.00. The molecule has 5 nitrogen and oxygen atoms in total. The summed E-state index contributed by atoms with van der Waals surface area (Å²) in [6.07, 6.45) is 8.34. The van der Waals surface area contributed by atoms with Crippen LogP contribution in [0.4, 0.5) is 5.69 Å². The molecule has 1 aromatic heterocycles. The number of hydrogen-bond donors (Lipinski definition) is 2. The Hall–Kier alpha value is -2.22. The zero-order chi connectivity index (χ0) is 13.5. The van der Waals surface area contributed by atoms with Gasteiger partial charge in [-0.1, -0.05) is 19.3 Å². The highest BCUT2D eigenvalue weighted by Crippen LogP contribution is 1.97. The lowest BCUT2D eigenvalue weighted by molar-refractivity contribution is -0.122. The smallest absolute Gasteiger partial charge is 0.251 e. The number of carbonyl (C=O) groups is 1. The van der Waals surface area contributed by atoms with Crippen molar-refractivity contribution >= 4 is 11.6 Å². The van der Waals surface area contributed by atoms with E-state index in [9.17, 15) is 9.59 Å². The molecule has 0 aromatic carbocycles. The summed E-state index contributed by atoms with van der Waals surface area (Å²) in [6.45, 7) is 1.91. The van der Waals surface area contributed by atoms with Gasteiger partial charge < -0.3 is 15.6 Å². The van der Waals surface area contributed by atoms with Gasteiger partial charge >= 0.3 is 0 Å². The minimum absolute atomic E-state index is 0.0776. The molecule has 3 N–H and O–H groups in total. The van der Waals surface area contributed by atoms with Crippen molar-refractivity contribution in [3.63, 3.8) is 0 Å². The summed E-state index contributed by atoms with van der Waals surface area (Å²) >= 11 is 0. The lowest BCUT2D eigenvalue weighted by Crippen LogP contribution is -2.38. The molecule has 0 aliphatic carbocycles. The van der Waals surface area contributed by atoms with Crippen molar-refractivity contribution in [3.8, 4) is 12.3 Å². The number of pyridine rings is 1. The first-order chi connectivity index (χ1) is 8.56. The van der Waals surface area contributed by atoms with E-state index in [1.807, 2.05) is 6.92 Å². The van der Waals surface area contributed by atoms with Crippen molar-refractivity contribution in [1.29, 1.82) is 0 Å². The summed E-state index contributed by atoms with van der Waals surface area (Å²) in [5.74, 6) is 2.21. The highest BCUT2D eigenvalue weighted by Gasteiger charge is 2.09. The fraction of sp³-hybridized carbons (Fsp3) is 0.385. The molecule has 1 unspecified atom stereocenters. The quantitative estimate of drug-likeness (QED) is 0.737. The van der Waals surface area contributed by atoms with Gasteiger partial charge in [0.25, 0.3) is 5.56 Å². The summed E-state index contributed by atoms with van der Waals surface area (Å²) in [5, 5.41) is 2.69. The maximum absolute atomic E-state index is 11.7. The highest BCUT2D eigenvalue weighted by atomic mass is 16.2. The number of anilines is 1. The van der Waals surface area contributed by atoms with Gasteiger partial charge in [-0.15, -0.1) is 6.42 Å². The summed E-state index contributed by atoms with van der Waals surface area (Å²) in [4.78, 5) is 23.2. The maximum atomic E-state index is 11.7. The summed E-state index contributed by atoms with van der Waals surface area (Å²) < 4.78 is 1.25. The van der Waals surface area contributed by atoms with Crippen LogP contribution in [0.2, 0.25) is 0 Å². The Morgan fingerprint density at radius 3 is 2.94 bits per heavy atom. The van der Waals surface area contributed by atoms with Gasteiger partial charge in [-0.25, -0.2) is 0 Å². The third-order valence-corrected chi connectivity index (χ3v) is 2.43. The normalized spacial score (nSPS) is 11.6. The second kappa shape index (κ2) is 6.50. The Kier molecular flexibility index (Phi) is 5.00. The van der Waals surface area contributed by atoms with Crippen LogP contribution >= 0.6 is 0 Å². The molecule has 0 fully saturated rings. The van der Waals surface area contributed by atoms with Crippen molar-refractivity contribution in [2.24, 2.45) is 0 Å². The average molecular weight is 247 g/mol. The molecule has 0 radical (unpaired) electrons. The van der Waals surface area contributed by atoms with Crippen LogP contribution in [0.3, 0.4) is 0 Å². The Bertz CT molecular complexity index is 514. The number of terminal acetylenes is 1. The van der Waals surface area contributed by atoms with E-state index in [4.69, 9.17) is 12.2 Å². The lowest BCUT2D eigenvalue weighted by atomic mass is 10.2. The van der Waals surface area contributed by atoms with Crippen molar-refractivity contribution < 1.29 is 4.79 Å². The first-order valence-corrected chi connectivity index (χ1v) is 5.78. The van der Waals surface area contributed by atoms with Crippen molar-refractivity contribution in [3.05, 3.63) is 28.7 Å². The Morgan fingerprint density at radius 2 is 2.33 bits per heavy atom. The number of amides is 1. The predicted octanol–water partition coefficient (Wildman–Crippen LogP) is 0.349. The fourth-order valence-electron chi connectivity index (χ4n) is 1.55. The molecular weight excluding hydrogens is 230 g/mol. The number of nitrogens with two attached hydrogens (primary N) is 1. The highest BCUT2D eigenvalue weighted by molar-refractivity contribution is 5.76. The van der Waals surface area contributed by atoms with Gasteiger partial charge in [-0.3, -0.25) is 9.59 Å². The number of nitrogen functional groups attached to an aromatic ring is 1. The molecule has 1 aromatic rings. The third kappa shape index (κ3) is 3.98. The molecule has 0 spiro atoms. The topological polar surface area (TPSA) is 77.1 Å². The number of nitrogens with one attached hydrogen (secondary N) is 1. The molecule has 1 heterocycles. The largest absolute Gasteiger partial charge is 0.398 e. The van der Waals surface area contributed by atoms with Crippen LogP contribution < -0.4 is 16.6 Å². The van der Waals surface area contributed by atoms with Gasteiger partial charge in [0.15, 0.2) is 0 Å². The minimum Gasteiger partial charge on any atom is -0.398 e. The Balaban J connectivity index is 2.67. The Morgan fingerprint density at radius 1 is 1.61 bits per heavy atom. The molecule has 0 saturated heterocycles. The number of rotatable bonds is 5. The monoisotopic (exact) mass is 247 g/mol. The van der Waals surface area contributed by atoms with E-state index >= 15 is 0 Å². The van der Waals surface area contributed by atoms with Crippen LogP contribution in [0.1, 0.15) is 19.8 Å². The molecule has 0 aliphatic rings. The van der Waals surface area contributed by atoms with Crippen LogP contribution in [0.15, 0.2) is 23.1 Å². The summed E-state index contributed by atoms with van der Waals surface area (Å²) in [7, 11) is 0. The van der Waals surface area contributed by atoms with Crippen LogP contribution in [-0.4, -0.2) is 16.5 Å². The SMILES string of the molecule is C#CC(CCC)NC(=O)Cn1cc(N)ccc1=O. The first kappa shape index (κ1) is 13.8. The van der Waals surface area contributed by atoms with Crippen LogP contribution in [0.25, 0.3) is 0 Å². The maximum Gasteiger partial charge on any atom is 0.251 e. The lowest BCUT2D eigenvalue weighted by Gasteiger charge is -2.12. The van der Waals surface area contributed by atoms with E-state index in [2.05, 4.69) is 11.2 Å². The molecule has 96 valence electrons. The molecule has 18 heavy (non-hydrogen) atoms. The van der Waals surface area contributed by atoms with Crippen molar-refractivity contribution in [1.82, 2.24) is 9.88 Å². The molecule has 0 saturated carbocycles. The zero-order valence-electron chi connectivity index (χ0n) is 10.3. The van der Waals surface area contributed by atoms with Crippen molar-refractivity contribution in [2.45, 2.75) is 32.4 Å². The fourth-order valence-corrected chi connectivity index (χ4v) is 1.55. The molecule has 0 aliphatic heterocycles. The molecular formula is C13H17N3O2. The zero-order valence-corrected chi connectivity index (χ0v) is 10.3. The molecule has 5 heteroatoms. The van der Waals surface area contributed by atoms with E-state index in [0.717, 1.165) is 6.42 Å². The van der Waals surface area contributed by atoms with Gasteiger partial charge in [0.05, 0.1) is 6.04 Å². The van der Waals surface area contributed by atoms with E-state index in [1.165, 1.54) is 22.9 Å². The number of aromatic nitrogens is 1. The third-order valence-electron chi connectivity index (χ3n) is 2.43. The summed E-state index contributed by atoms with van der Waals surface area (Å²) in [5.41, 5.74) is 5.72. The molecule has 1 atom stereocenters. The molecule has 0 bridgehead atoms. The number of hydrogen-bond acceptors (Lipinski definition) is 3. The van der Waals surface area contributed by atoms with Crippen molar-refractivity contribution in [2.75, 3.05) is 5.73 Å². The number of carbonyl (C=O) groups excluding carboxylic acids is 1. The van der Waals surface area contributed by atoms with E-state index < -0.39 is 0 Å². The van der Waals surface area contributed by atoms with Gasteiger partial charge in [-0.05, 0) is 12.5 Å². The average Bonchev–Trinajstić information content (AvgIpc) is 2.33. The molecule has 1 amide bonds. The van der Waals surface area contributed by atoms with Crippen LogP contribution in [0.5, 0.6) is 0 Å². The summed E-state index contributed by atoms with van der Waals surface area (Å²) in [6, 6.07) is 2.53. The van der Waals surface area contributed by atoms with Gasteiger partial charge in [-0.2, -0.15) is 0 Å². The number of nitrogens with zero attached hydrogens (tertiary/aromatic N) is 1. The van der Waals surface area contributed by atoms with E-state index in [-0.39, 0.29) is 24.1 Å². The van der Waals surface area contributed by atoms with Crippen LogP contribution in [-0.2, 0) is 11.3 Å². The van der Waals surface area contributed by atoms with Gasteiger partial charge in [0, 0.05) is 18.0 Å². The van der Waals surface area contributed by atoms with E-state index in [1.54, 1.807) is 0 Å². The predicted molar refractivity (Wildman–Crippen MR) is 70.8 cm³/mol. The van der Waals surface area contributed by atoms with Crippen LogP contribution in [0, 0.1) is 12.3 Å². The van der Waals surface area contributed by atoms with Gasteiger partial charge in [0.2, 0.25) is 5.91 Å². The first-order valence-electron chi connectivity index (χ1n) is 5.78.